The number of aryl methyl sites for hydroxylation is 2. The second-order valence-electron chi connectivity index (χ2n) is 2.08. The van der Waals surface area contributed by atoms with Gasteiger partial charge in [0.2, 0.25) is 0 Å². The van der Waals surface area contributed by atoms with Gasteiger partial charge in [-0.2, -0.15) is 0 Å². The SMILES string of the molecule is Cc1ccccc1C.[K].[Sc]. The molecule has 0 aliphatic carbocycles. The molecule has 1 aromatic rings. The molecule has 0 atom stereocenters. The van der Waals surface area contributed by atoms with Crippen LogP contribution >= 0.6 is 0 Å². The zero-order valence-corrected chi connectivity index (χ0v) is 11.8. The molecule has 2 radical (unpaired) electrons. The minimum absolute atomic E-state index is 0. The summed E-state index contributed by atoms with van der Waals surface area (Å²) in [5.41, 5.74) is 2.74. The second-order valence-corrected chi connectivity index (χ2v) is 2.08. The molecule has 0 spiro atoms. The number of hydrogen-bond acceptors (Lipinski definition) is 0. The molecule has 0 aliphatic rings. The first kappa shape index (κ1) is 14.3. The van der Waals surface area contributed by atoms with Crippen LogP contribution in [0.25, 0.3) is 0 Å². The molecular weight excluding hydrogens is 180 g/mol. The molecule has 0 heterocycles. The first-order valence-electron chi connectivity index (χ1n) is 2.83. The zero-order valence-electron chi connectivity index (χ0n) is 6.89. The standard InChI is InChI=1S/C8H10.K.Sc/c1-7-5-3-4-6-8(7)2;;/h3-6H,1-2H3;;. The first-order valence-corrected chi connectivity index (χ1v) is 2.83. The molecule has 0 aromatic heterocycles. The molecule has 0 amide bonds. The van der Waals surface area contributed by atoms with E-state index in [9.17, 15) is 0 Å². The third kappa shape index (κ3) is 4.57. The van der Waals surface area contributed by atoms with Crippen LogP contribution in [0.4, 0.5) is 0 Å². The van der Waals surface area contributed by atoms with Crippen LogP contribution < -0.4 is 0 Å². The maximum absolute atomic E-state index is 2.12. The largest absolute Gasteiger partial charge is 0.0620 e. The van der Waals surface area contributed by atoms with Crippen molar-refractivity contribution >= 4 is 51.4 Å². The predicted molar refractivity (Wildman–Crippen MR) is 41.7 cm³/mol. The minimum Gasteiger partial charge on any atom is -0.0620 e. The van der Waals surface area contributed by atoms with Gasteiger partial charge in [0.1, 0.15) is 0 Å². The molecular formula is C8H10KSc. The summed E-state index contributed by atoms with van der Waals surface area (Å²) in [4.78, 5) is 0. The fraction of sp³-hybridized carbons (Fsp3) is 0.250. The van der Waals surface area contributed by atoms with Gasteiger partial charge in [-0.3, -0.25) is 0 Å². The summed E-state index contributed by atoms with van der Waals surface area (Å²) in [5, 5.41) is 0. The van der Waals surface area contributed by atoms with Crippen molar-refractivity contribution in [1.29, 1.82) is 0 Å². The molecule has 2 heteroatoms. The van der Waals surface area contributed by atoms with E-state index in [1.807, 2.05) is 0 Å². The average Bonchev–Trinajstić information content (AvgIpc) is 1.77. The summed E-state index contributed by atoms with van der Waals surface area (Å²) < 4.78 is 0. The van der Waals surface area contributed by atoms with E-state index in [2.05, 4.69) is 38.1 Å². The zero-order chi connectivity index (χ0) is 5.98. The molecule has 0 bridgehead atoms. The van der Waals surface area contributed by atoms with E-state index in [1.165, 1.54) is 11.1 Å². The van der Waals surface area contributed by atoms with E-state index in [4.69, 9.17) is 0 Å². The molecule has 46 valence electrons. The quantitative estimate of drug-likeness (QED) is 0.548. The average molecular weight is 190 g/mol. The van der Waals surface area contributed by atoms with Gasteiger partial charge < -0.3 is 0 Å². The Morgan fingerprint density at radius 2 is 1.20 bits per heavy atom. The van der Waals surface area contributed by atoms with Crippen molar-refractivity contribution in [1.82, 2.24) is 0 Å². The van der Waals surface area contributed by atoms with Crippen LogP contribution in [0.1, 0.15) is 11.1 Å². The molecule has 1 aromatic carbocycles. The van der Waals surface area contributed by atoms with E-state index in [0.29, 0.717) is 0 Å². The van der Waals surface area contributed by atoms with E-state index in [-0.39, 0.29) is 77.2 Å². The van der Waals surface area contributed by atoms with E-state index >= 15 is 0 Å². The van der Waals surface area contributed by atoms with Crippen LogP contribution in [0.5, 0.6) is 0 Å². The van der Waals surface area contributed by atoms with Crippen molar-refractivity contribution in [2.24, 2.45) is 0 Å². The summed E-state index contributed by atoms with van der Waals surface area (Å²) in [6.07, 6.45) is 0. The van der Waals surface area contributed by atoms with Crippen LogP contribution in [0, 0.1) is 13.8 Å². The normalized spacial score (nSPS) is 7.40. The smallest absolute Gasteiger partial charge is 0 e. The predicted octanol–water partition coefficient (Wildman–Crippen LogP) is 1.92. The molecule has 0 fully saturated rings. The fourth-order valence-electron chi connectivity index (χ4n) is 0.663. The third-order valence-corrected chi connectivity index (χ3v) is 1.43. The maximum atomic E-state index is 2.12. The first-order chi connectivity index (χ1) is 3.80. The van der Waals surface area contributed by atoms with Gasteiger partial charge in [0.05, 0.1) is 0 Å². The Morgan fingerprint density at radius 1 is 0.900 bits per heavy atom. The number of benzene rings is 1. The Kier molecular flexibility index (Phi) is 10.5. The van der Waals surface area contributed by atoms with E-state index in [0.717, 1.165) is 0 Å². The van der Waals surface area contributed by atoms with E-state index in [1.54, 1.807) is 0 Å². The van der Waals surface area contributed by atoms with Gasteiger partial charge in [-0.25, -0.2) is 0 Å². The number of rotatable bonds is 0. The van der Waals surface area contributed by atoms with Gasteiger partial charge in [0.25, 0.3) is 0 Å². The summed E-state index contributed by atoms with van der Waals surface area (Å²) >= 11 is 0. The van der Waals surface area contributed by atoms with Gasteiger partial charge in [0.15, 0.2) is 0 Å². The van der Waals surface area contributed by atoms with Crippen molar-refractivity contribution in [2.45, 2.75) is 13.8 Å². The number of hydrogen-bond donors (Lipinski definition) is 0. The Hall–Kier alpha value is 1.73. The van der Waals surface area contributed by atoms with Crippen LogP contribution in [0.2, 0.25) is 0 Å². The van der Waals surface area contributed by atoms with Crippen LogP contribution in [-0.4, -0.2) is 51.4 Å². The van der Waals surface area contributed by atoms with Gasteiger partial charge in [-0.15, -0.1) is 0 Å². The van der Waals surface area contributed by atoms with Crippen LogP contribution in [-0.2, 0) is 25.8 Å². The summed E-state index contributed by atoms with van der Waals surface area (Å²) in [5.74, 6) is 0. The molecule has 0 saturated carbocycles. The van der Waals surface area contributed by atoms with Crippen molar-refractivity contribution in [3.63, 3.8) is 0 Å². The van der Waals surface area contributed by atoms with Gasteiger partial charge in [-0.05, 0) is 25.0 Å². The topological polar surface area (TPSA) is 0 Å². The monoisotopic (exact) mass is 190 g/mol. The van der Waals surface area contributed by atoms with Crippen molar-refractivity contribution in [3.8, 4) is 0 Å². The van der Waals surface area contributed by atoms with Gasteiger partial charge >= 0.3 is 0 Å². The van der Waals surface area contributed by atoms with Gasteiger partial charge in [-0.1, -0.05) is 24.3 Å². The summed E-state index contributed by atoms with van der Waals surface area (Å²) in [6, 6.07) is 8.36. The third-order valence-electron chi connectivity index (χ3n) is 1.43. The van der Waals surface area contributed by atoms with Crippen LogP contribution in [0.15, 0.2) is 24.3 Å². The Morgan fingerprint density at radius 3 is 1.40 bits per heavy atom. The summed E-state index contributed by atoms with van der Waals surface area (Å²) in [7, 11) is 0. The fourth-order valence-corrected chi connectivity index (χ4v) is 0.663. The molecule has 0 nitrogen and oxygen atoms in total. The molecule has 1 rings (SSSR count). The van der Waals surface area contributed by atoms with E-state index < -0.39 is 0 Å². The minimum atomic E-state index is 0. The Bertz CT molecular complexity index is 165. The van der Waals surface area contributed by atoms with Crippen molar-refractivity contribution in [2.75, 3.05) is 0 Å². The molecule has 0 unspecified atom stereocenters. The molecule has 0 N–H and O–H groups in total. The summed E-state index contributed by atoms with van der Waals surface area (Å²) in [6.45, 7) is 4.24. The van der Waals surface area contributed by atoms with Gasteiger partial charge in [0, 0.05) is 77.2 Å². The van der Waals surface area contributed by atoms with Crippen LogP contribution in [0.3, 0.4) is 0 Å². The second kappa shape index (κ2) is 7.38. The molecule has 0 saturated heterocycles. The Labute approximate surface area is 124 Å². The molecule has 10 heavy (non-hydrogen) atoms. The van der Waals surface area contributed by atoms with Crippen molar-refractivity contribution in [3.05, 3.63) is 35.4 Å². The maximum Gasteiger partial charge on any atom is 0 e. The molecule has 0 aliphatic heterocycles. The van der Waals surface area contributed by atoms with Crippen molar-refractivity contribution < 1.29 is 25.8 Å². The Balaban J connectivity index is 0.